The highest BCUT2D eigenvalue weighted by atomic mass is 35.5. The van der Waals surface area contributed by atoms with Crippen LogP contribution in [0.25, 0.3) is 0 Å². The van der Waals surface area contributed by atoms with Crippen molar-refractivity contribution in [2.45, 2.75) is 30.5 Å². The summed E-state index contributed by atoms with van der Waals surface area (Å²) < 4.78 is 64.9. The van der Waals surface area contributed by atoms with Crippen LogP contribution in [0.1, 0.15) is 18.9 Å². The van der Waals surface area contributed by atoms with Crippen molar-refractivity contribution in [3.63, 3.8) is 0 Å². The fourth-order valence-corrected chi connectivity index (χ4v) is 4.19. The molecule has 1 aromatic rings. The van der Waals surface area contributed by atoms with Crippen molar-refractivity contribution in [2.75, 3.05) is 13.1 Å². The van der Waals surface area contributed by atoms with E-state index in [4.69, 9.17) is 5.73 Å². The Morgan fingerprint density at radius 2 is 1.91 bits per heavy atom. The molecular formula is C13H18ClF3N2O2S. The van der Waals surface area contributed by atoms with Crippen LogP contribution in [0, 0.1) is 5.92 Å². The van der Waals surface area contributed by atoms with Gasteiger partial charge >= 0.3 is 6.18 Å². The quantitative estimate of drug-likeness (QED) is 0.902. The lowest BCUT2D eigenvalue weighted by molar-refractivity contribution is -0.139. The first-order valence-electron chi connectivity index (χ1n) is 6.56. The molecule has 2 rings (SSSR count). The second-order valence-electron chi connectivity index (χ2n) is 5.26. The molecule has 0 radical (unpaired) electrons. The van der Waals surface area contributed by atoms with Crippen LogP contribution in [0.4, 0.5) is 13.2 Å². The monoisotopic (exact) mass is 358 g/mol. The average Bonchev–Trinajstić information content (AvgIpc) is 2.88. The maximum Gasteiger partial charge on any atom is 0.417 e. The van der Waals surface area contributed by atoms with Crippen LogP contribution in [-0.2, 0) is 16.2 Å². The summed E-state index contributed by atoms with van der Waals surface area (Å²) in [4.78, 5) is -0.692. The molecule has 0 aromatic heterocycles. The van der Waals surface area contributed by atoms with Crippen molar-refractivity contribution in [1.82, 2.24) is 4.31 Å². The van der Waals surface area contributed by atoms with Crippen LogP contribution >= 0.6 is 12.4 Å². The predicted octanol–water partition coefficient (Wildman–Crippen LogP) is 2.49. The number of nitrogens with two attached hydrogens (primary N) is 1. The largest absolute Gasteiger partial charge is 0.417 e. The third-order valence-corrected chi connectivity index (χ3v) is 5.66. The summed E-state index contributed by atoms with van der Waals surface area (Å²) in [5.41, 5.74) is 4.61. The minimum atomic E-state index is -4.70. The standard InChI is InChI=1S/C13H17F3N2O2S.ClH/c1-9(17)10-6-7-18(8-10)21(19,20)12-5-3-2-4-11(12)13(14,15)16;/h2-5,9-10H,6-8,17H2,1H3;1H. The number of nitrogens with zero attached hydrogens (tertiary/aromatic N) is 1. The second kappa shape index (κ2) is 6.74. The second-order valence-corrected chi connectivity index (χ2v) is 7.17. The molecule has 126 valence electrons. The molecule has 1 aromatic carbocycles. The first kappa shape index (κ1) is 19.2. The molecule has 0 spiro atoms. The normalized spacial score (nSPS) is 21.4. The van der Waals surface area contributed by atoms with Gasteiger partial charge in [0.05, 0.1) is 10.5 Å². The van der Waals surface area contributed by atoms with E-state index in [9.17, 15) is 21.6 Å². The van der Waals surface area contributed by atoms with Gasteiger partial charge in [-0.05, 0) is 31.4 Å². The van der Waals surface area contributed by atoms with Crippen molar-refractivity contribution in [2.24, 2.45) is 11.7 Å². The highest BCUT2D eigenvalue weighted by Crippen LogP contribution is 2.36. The Hall–Kier alpha value is -0.830. The van der Waals surface area contributed by atoms with Gasteiger partial charge in [-0.25, -0.2) is 8.42 Å². The van der Waals surface area contributed by atoms with Crippen molar-refractivity contribution in [3.05, 3.63) is 29.8 Å². The van der Waals surface area contributed by atoms with Gasteiger partial charge in [0.2, 0.25) is 10.0 Å². The zero-order chi connectivity index (χ0) is 15.8. The van der Waals surface area contributed by atoms with Gasteiger partial charge in [-0.1, -0.05) is 12.1 Å². The van der Waals surface area contributed by atoms with E-state index in [1.54, 1.807) is 6.92 Å². The minimum absolute atomic E-state index is 0. The summed E-state index contributed by atoms with van der Waals surface area (Å²) in [6.45, 7) is 2.12. The summed E-state index contributed by atoms with van der Waals surface area (Å²) >= 11 is 0. The van der Waals surface area contributed by atoms with Crippen molar-refractivity contribution in [3.8, 4) is 0 Å². The molecule has 4 nitrogen and oxygen atoms in total. The molecule has 2 N–H and O–H groups in total. The summed E-state index contributed by atoms with van der Waals surface area (Å²) in [6.07, 6.45) is -4.14. The molecule has 1 fully saturated rings. The Bertz CT molecular complexity index is 620. The lowest BCUT2D eigenvalue weighted by Gasteiger charge is -2.20. The Kier molecular flexibility index (Phi) is 5.88. The predicted molar refractivity (Wildman–Crippen MR) is 79.2 cm³/mol. The SMILES string of the molecule is CC(N)C1CCN(S(=O)(=O)c2ccccc2C(F)(F)F)C1.Cl. The van der Waals surface area contributed by atoms with E-state index in [1.807, 2.05) is 0 Å². The van der Waals surface area contributed by atoms with Gasteiger partial charge in [0.15, 0.2) is 0 Å². The van der Waals surface area contributed by atoms with Gasteiger partial charge in [-0.3, -0.25) is 0 Å². The Balaban J connectivity index is 0.00000242. The molecule has 1 saturated heterocycles. The van der Waals surface area contributed by atoms with E-state index < -0.39 is 26.7 Å². The van der Waals surface area contributed by atoms with Crippen molar-refractivity contribution in [1.29, 1.82) is 0 Å². The molecule has 1 aliphatic rings. The van der Waals surface area contributed by atoms with Gasteiger partial charge in [-0.2, -0.15) is 17.5 Å². The van der Waals surface area contributed by atoms with E-state index >= 15 is 0 Å². The first-order valence-corrected chi connectivity index (χ1v) is 8.00. The van der Waals surface area contributed by atoms with Crippen LogP contribution in [0.2, 0.25) is 0 Å². The van der Waals surface area contributed by atoms with Crippen molar-refractivity contribution < 1.29 is 21.6 Å². The van der Waals surface area contributed by atoms with Gasteiger partial charge in [-0.15, -0.1) is 12.4 Å². The molecule has 9 heteroatoms. The number of alkyl halides is 3. The molecule has 2 atom stereocenters. The Labute approximate surface area is 133 Å². The maximum absolute atomic E-state index is 13.0. The molecule has 0 aliphatic carbocycles. The highest BCUT2D eigenvalue weighted by molar-refractivity contribution is 7.89. The number of hydrogen-bond acceptors (Lipinski definition) is 3. The number of hydrogen-bond donors (Lipinski definition) is 1. The van der Waals surface area contributed by atoms with Gasteiger partial charge in [0.25, 0.3) is 0 Å². The summed E-state index contributed by atoms with van der Waals surface area (Å²) in [7, 11) is -4.16. The molecule has 0 saturated carbocycles. The smallest absolute Gasteiger partial charge is 0.328 e. The Morgan fingerprint density at radius 1 is 1.32 bits per heavy atom. The Morgan fingerprint density at radius 3 is 2.41 bits per heavy atom. The number of benzene rings is 1. The molecule has 1 heterocycles. The van der Waals surface area contributed by atoms with Crippen LogP contribution in [-0.4, -0.2) is 31.9 Å². The first-order chi connectivity index (χ1) is 9.64. The molecule has 1 aliphatic heterocycles. The van der Waals surface area contributed by atoms with E-state index in [-0.39, 0.29) is 37.5 Å². The van der Waals surface area contributed by atoms with E-state index in [0.29, 0.717) is 6.42 Å². The third-order valence-electron chi connectivity index (χ3n) is 3.74. The topological polar surface area (TPSA) is 63.4 Å². The number of halogens is 4. The van der Waals surface area contributed by atoms with Crippen LogP contribution in [0.3, 0.4) is 0 Å². The fourth-order valence-electron chi connectivity index (χ4n) is 2.47. The van der Waals surface area contributed by atoms with Gasteiger partial charge in [0.1, 0.15) is 0 Å². The van der Waals surface area contributed by atoms with Gasteiger partial charge in [0, 0.05) is 19.1 Å². The van der Waals surface area contributed by atoms with Crippen LogP contribution in [0.5, 0.6) is 0 Å². The minimum Gasteiger partial charge on any atom is -0.328 e. The van der Waals surface area contributed by atoms with E-state index in [0.717, 1.165) is 16.4 Å². The van der Waals surface area contributed by atoms with Crippen LogP contribution in [0.15, 0.2) is 29.2 Å². The summed E-state index contributed by atoms with van der Waals surface area (Å²) in [5.74, 6) is -0.0298. The fraction of sp³-hybridized carbons (Fsp3) is 0.538. The zero-order valence-electron chi connectivity index (χ0n) is 11.9. The van der Waals surface area contributed by atoms with Crippen LogP contribution < -0.4 is 5.73 Å². The molecular weight excluding hydrogens is 341 g/mol. The van der Waals surface area contributed by atoms with Gasteiger partial charge < -0.3 is 5.73 Å². The number of sulfonamides is 1. The maximum atomic E-state index is 13.0. The third kappa shape index (κ3) is 3.73. The molecule has 0 amide bonds. The zero-order valence-corrected chi connectivity index (χ0v) is 13.5. The van der Waals surface area contributed by atoms with Crippen molar-refractivity contribution >= 4 is 22.4 Å². The van der Waals surface area contributed by atoms with E-state index in [1.165, 1.54) is 12.1 Å². The highest BCUT2D eigenvalue weighted by Gasteiger charge is 2.41. The molecule has 2 unspecified atom stereocenters. The molecule has 0 bridgehead atoms. The lowest BCUT2D eigenvalue weighted by Crippen LogP contribution is -2.33. The summed E-state index contributed by atoms with van der Waals surface area (Å²) in [6, 6.07) is 4.06. The summed E-state index contributed by atoms with van der Waals surface area (Å²) in [5, 5.41) is 0. The molecule has 22 heavy (non-hydrogen) atoms. The van der Waals surface area contributed by atoms with E-state index in [2.05, 4.69) is 0 Å². The average molecular weight is 359 g/mol. The lowest BCUT2D eigenvalue weighted by atomic mass is 10.0. The number of rotatable bonds is 3.